The van der Waals surface area contributed by atoms with Gasteiger partial charge in [-0.15, -0.1) is 0 Å². The summed E-state index contributed by atoms with van der Waals surface area (Å²) in [6, 6.07) is 15.8. The molecule has 0 saturated carbocycles. The number of hydrogen-bond donors (Lipinski definition) is 2. The molecule has 1 heterocycles. The van der Waals surface area contributed by atoms with Gasteiger partial charge in [-0.25, -0.2) is 0 Å². The van der Waals surface area contributed by atoms with Gasteiger partial charge in [0.1, 0.15) is 0 Å². The normalized spacial score (nSPS) is 9.95. The summed E-state index contributed by atoms with van der Waals surface area (Å²) < 4.78 is 0. The van der Waals surface area contributed by atoms with E-state index in [1.807, 2.05) is 30.3 Å². The van der Waals surface area contributed by atoms with Gasteiger partial charge in [0.25, 0.3) is 0 Å². The molecule has 0 aliphatic carbocycles. The van der Waals surface area contributed by atoms with Crippen LogP contribution in [-0.4, -0.2) is 10.2 Å². The monoisotopic (exact) mass is 273 g/mol. The molecule has 1 aromatic heterocycles. The first-order valence-electron chi connectivity index (χ1n) is 6.70. The minimum atomic E-state index is 0.740. The number of aromatic amines is 1. The second kappa shape index (κ2) is 5.56. The van der Waals surface area contributed by atoms with E-state index < -0.39 is 0 Å². The highest BCUT2D eigenvalue weighted by Gasteiger charge is 2.05. The van der Waals surface area contributed by atoms with Crippen LogP contribution in [0.3, 0.4) is 0 Å². The zero-order valence-electron chi connectivity index (χ0n) is 11.7. The van der Waals surface area contributed by atoms with Gasteiger partial charge in [0.05, 0.1) is 17.5 Å². The Bertz CT molecular complexity index is 817. The highest BCUT2D eigenvalue weighted by atomic mass is 15.1. The van der Waals surface area contributed by atoms with Crippen LogP contribution in [0.25, 0.3) is 11.3 Å². The standard InChI is InChI=1S/C18H15N3/c1-13-3-2-4-15(11-13)18-16(12-20-21-18)8-5-14-6-9-17(19)10-7-14/h2-4,6-7,9-12H,19H2,1H3,(H,20,21). The predicted octanol–water partition coefficient (Wildman–Crippen LogP) is 3.37. The van der Waals surface area contributed by atoms with E-state index in [4.69, 9.17) is 5.73 Å². The fourth-order valence-electron chi connectivity index (χ4n) is 2.11. The quantitative estimate of drug-likeness (QED) is 0.527. The van der Waals surface area contributed by atoms with E-state index in [-0.39, 0.29) is 0 Å². The Kier molecular flexibility index (Phi) is 3.44. The maximum Gasteiger partial charge on any atom is 0.0807 e. The molecule has 102 valence electrons. The number of anilines is 1. The molecule has 0 bridgehead atoms. The number of nitrogens with one attached hydrogen (secondary N) is 1. The van der Waals surface area contributed by atoms with Gasteiger partial charge in [-0.3, -0.25) is 5.10 Å². The highest BCUT2D eigenvalue weighted by Crippen LogP contribution is 2.21. The zero-order chi connectivity index (χ0) is 14.7. The predicted molar refractivity (Wildman–Crippen MR) is 85.6 cm³/mol. The third-order valence-corrected chi connectivity index (χ3v) is 3.20. The second-order valence-electron chi connectivity index (χ2n) is 4.90. The molecule has 0 atom stereocenters. The number of nitrogens with zero attached hydrogens (tertiary/aromatic N) is 1. The summed E-state index contributed by atoms with van der Waals surface area (Å²) in [4.78, 5) is 0. The van der Waals surface area contributed by atoms with Crippen molar-refractivity contribution in [3.05, 3.63) is 71.4 Å². The largest absolute Gasteiger partial charge is 0.399 e. The van der Waals surface area contributed by atoms with Gasteiger partial charge in [0.15, 0.2) is 0 Å². The molecule has 0 amide bonds. The maximum absolute atomic E-state index is 5.67. The number of nitrogen functional groups attached to an aromatic ring is 1. The number of benzene rings is 2. The third-order valence-electron chi connectivity index (χ3n) is 3.20. The molecule has 0 aliphatic heterocycles. The molecule has 3 heteroatoms. The summed E-state index contributed by atoms with van der Waals surface area (Å²) in [6.07, 6.45) is 1.75. The van der Waals surface area contributed by atoms with Crippen LogP contribution in [0, 0.1) is 18.8 Å². The van der Waals surface area contributed by atoms with Crippen LogP contribution >= 0.6 is 0 Å². The maximum atomic E-state index is 5.67. The van der Waals surface area contributed by atoms with Gasteiger partial charge in [-0.05, 0) is 37.3 Å². The summed E-state index contributed by atoms with van der Waals surface area (Å²) in [5.41, 5.74) is 11.5. The molecular weight excluding hydrogens is 258 g/mol. The Morgan fingerprint density at radius 3 is 2.62 bits per heavy atom. The van der Waals surface area contributed by atoms with E-state index in [1.165, 1.54) is 5.56 Å². The summed E-state index contributed by atoms with van der Waals surface area (Å²) in [7, 11) is 0. The Morgan fingerprint density at radius 1 is 1.05 bits per heavy atom. The van der Waals surface area contributed by atoms with Crippen LogP contribution < -0.4 is 5.73 Å². The van der Waals surface area contributed by atoms with Crippen LogP contribution in [0.2, 0.25) is 0 Å². The average Bonchev–Trinajstić information content (AvgIpc) is 2.95. The van der Waals surface area contributed by atoms with Crippen LogP contribution in [0.4, 0.5) is 5.69 Å². The number of rotatable bonds is 1. The molecule has 3 N–H and O–H groups in total. The molecule has 0 radical (unpaired) electrons. The second-order valence-corrected chi connectivity index (χ2v) is 4.90. The Balaban J connectivity index is 1.95. The van der Waals surface area contributed by atoms with Crippen LogP contribution in [0.1, 0.15) is 16.7 Å². The molecule has 0 spiro atoms. The van der Waals surface area contributed by atoms with Crippen molar-refractivity contribution in [1.29, 1.82) is 0 Å². The minimum absolute atomic E-state index is 0.740. The van der Waals surface area contributed by atoms with Crippen LogP contribution in [-0.2, 0) is 0 Å². The van der Waals surface area contributed by atoms with Gasteiger partial charge in [0.2, 0.25) is 0 Å². The van der Waals surface area contributed by atoms with Crippen molar-refractivity contribution in [3.8, 4) is 23.1 Å². The smallest absolute Gasteiger partial charge is 0.0807 e. The molecule has 0 unspecified atom stereocenters. The first kappa shape index (κ1) is 13.0. The Labute approximate surface area is 123 Å². The molecule has 0 fully saturated rings. The number of H-pyrrole nitrogens is 1. The van der Waals surface area contributed by atoms with E-state index in [9.17, 15) is 0 Å². The van der Waals surface area contributed by atoms with Crippen molar-refractivity contribution in [2.45, 2.75) is 6.92 Å². The number of aromatic nitrogens is 2. The SMILES string of the molecule is Cc1cccc(-c2[nH]ncc2C#Cc2ccc(N)cc2)c1. The minimum Gasteiger partial charge on any atom is -0.399 e. The van der Waals surface area contributed by atoms with E-state index in [0.29, 0.717) is 0 Å². The van der Waals surface area contributed by atoms with E-state index in [1.54, 1.807) is 6.20 Å². The first-order valence-corrected chi connectivity index (χ1v) is 6.70. The summed E-state index contributed by atoms with van der Waals surface area (Å²) in [5.74, 6) is 6.30. The Morgan fingerprint density at radius 2 is 1.86 bits per heavy atom. The third kappa shape index (κ3) is 2.96. The molecule has 3 rings (SSSR count). The molecule has 0 aliphatic rings. The number of aryl methyl sites for hydroxylation is 1. The van der Waals surface area contributed by atoms with Gasteiger partial charge in [-0.1, -0.05) is 35.6 Å². The lowest BCUT2D eigenvalue weighted by Crippen LogP contribution is -1.84. The van der Waals surface area contributed by atoms with Crippen molar-refractivity contribution in [3.63, 3.8) is 0 Å². The molecule has 3 aromatic rings. The lowest BCUT2D eigenvalue weighted by molar-refractivity contribution is 1.09. The van der Waals surface area contributed by atoms with Crippen LogP contribution in [0.5, 0.6) is 0 Å². The molecule has 3 nitrogen and oxygen atoms in total. The molecule has 2 aromatic carbocycles. The zero-order valence-corrected chi connectivity index (χ0v) is 11.7. The lowest BCUT2D eigenvalue weighted by atomic mass is 10.1. The first-order chi connectivity index (χ1) is 10.2. The van der Waals surface area contributed by atoms with E-state index in [2.05, 4.69) is 47.2 Å². The molecular formula is C18H15N3. The summed E-state index contributed by atoms with van der Waals surface area (Å²) in [6.45, 7) is 2.07. The van der Waals surface area contributed by atoms with Crippen LogP contribution in [0.15, 0.2) is 54.7 Å². The van der Waals surface area contributed by atoms with Crippen molar-refractivity contribution >= 4 is 5.69 Å². The fourth-order valence-corrected chi connectivity index (χ4v) is 2.11. The van der Waals surface area contributed by atoms with Crippen molar-refractivity contribution < 1.29 is 0 Å². The van der Waals surface area contributed by atoms with E-state index >= 15 is 0 Å². The fraction of sp³-hybridized carbons (Fsp3) is 0.0556. The molecule has 21 heavy (non-hydrogen) atoms. The lowest BCUT2D eigenvalue weighted by Gasteiger charge is -2.00. The molecule has 0 saturated heterocycles. The Hall–Kier alpha value is -2.99. The van der Waals surface area contributed by atoms with Crippen molar-refractivity contribution in [2.75, 3.05) is 5.73 Å². The topological polar surface area (TPSA) is 54.7 Å². The van der Waals surface area contributed by atoms with Crippen molar-refractivity contribution in [1.82, 2.24) is 10.2 Å². The number of hydrogen-bond acceptors (Lipinski definition) is 2. The number of nitrogens with two attached hydrogens (primary N) is 1. The average molecular weight is 273 g/mol. The van der Waals surface area contributed by atoms with Gasteiger partial charge in [-0.2, -0.15) is 5.10 Å². The highest BCUT2D eigenvalue weighted by molar-refractivity contribution is 5.67. The van der Waals surface area contributed by atoms with Gasteiger partial charge < -0.3 is 5.73 Å². The van der Waals surface area contributed by atoms with Crippen molar-refractivity contribution in [2.24, 2.45) is 0 Å². The van der Waals surface area contributed by atoms with Gasteiger partial charge in [0, 0.05) is 16.8 Å². The summed E-state index contributed by atoms with van der Waals surface area (Å²) in [5, 5.41) is 7.13. The summed E-state index contributed by atoms with van der Waals surface area (Å²) >= 11 is 0. The van der Waals surface area contributed by atoms with E-state index in [0.717, 1.165) is 28.1 Å². The van der Waals surface area contributed by atoms with Gasteiger partial charge >= 0.3 is 0 Å².